The van der Waals surface area contributed by atoms with Crippen LogP contribution in [0.3, 0.4) is 0 Å². The van der Waals surface area contributed by atoms with E-state index in [9.17, 15) is 14.0 Å². The van der Waals surface area contributed by atoms with Gasteiger partial charge in [-0.25, -0.2) is 9.37 Å². The van der Waals surface area contributed by atoms with E-state index in [0.717, 1.165) is 23.4 Å². The van der Waals surface area contributed by atoms with Gasteiger partial charge in [-0.1, -0.05) is 32.9 Å². The number of halogens is 1. The highest BCUT2D eigenvalue weighted by atomic mass is 32.1. The smallest absolute Gasteiger partial charge is 0.263 e. The Morgan fingerprint density at radius 3 is 2.41 bits per heavy atom. The van der Waals surface area contributed by atoms with Crippen LogP contribution in [0.4, 0.5) is 4.39 Å². The van der Waals surface area contributed by atoms with Gasteiger partial charge in [0.25, 0.3) is 5.91 Å². The number of hydrogen-bond acceptors (Lipinski definition) is 4. The van der Waals surface area contributed by atoms with E-state index < -0.39 is 0 Å². The number of aromatic nitrogens is 1. The highest BCUT2D eigenvalue weighted by Crippen LogP contribution is 2.23. The minimum absolute atomic E-state index is 0.0635. The predicted molar refractivity (Wildman–Crippen MR) is 113 cm³/mol. The van der Waals surface area contributed by atoms with Gasteiger partial charge in [0.1, 0.15) is 10.7 Å². The molecule has 0 saturated carbocycles. The molecule has 0 unspecified atom stereocenters. The molecule has 3 rings (SSSR count). The maximum atomic E-state index is 13.1. The Morgan fingerprint density at radius 1 is 1.21 bits per heavy atom. The number of carbonyl (C=O) groups is 2. The van der Waals surface area contributed by atoms with Gasteiger partial charge in [0, 0.05) is 31.0 Å². The normalized spacial score (nSPS) is 15.4. The summed E-state index contributed by atoms with van der Waals surface area (Å²) in [6.07, 6.45) is 2.09. The quantitative estimate of drug-likeness (QED) is 0.819. The summed E-state index contributed by atoms with van der Waals surface area (Å²) in [5, 5.41) is 3.94. The first-order valence-electron chi connectivity index (χ1n) is 9.94. The molecule has 1 aliphatic rings. The van der Waals surface area contributed by atoms with E-state index in [2.05, 4.69) is 10.3 Å². The van der Waals surface area contributed by atoms with Crippen LogP contribution in [0.2, 0.25) is 0 Å². The van der Waals surface area contributed by atoms with E-state index in [1.54, 1.807) is 12.1 Å². The Labute approximate surface area is 175 Å². The molecule has 156 valence electrons. The van der Waals surface area contributed by atoms with E-state index in [0.29, 0.717) is 30.1 Å². The summed E-state index contributed by atoms with van der Waals surface area (Å²) in [4.78, 5) is 32.2. The molecule has 5 nitrogen and oxygen atoms in total. The lowest BCUT2D eigenvalue weighted by Crippen LogP contribution is -2.49. The maximum absolute atomic E-state index is 13.1. The number of hydrogen-bond donors (Lipinski definition) is 1. The third kappa shape index (κ3) is 5.41. The molecule has 2 amide bonds. The average Bonchev–Trinajstić information content (AvgIpc) is 3.03. The number of carbonyl (C=O) groups excluding carboxylic acids is 2. The van der Waals surface area contributed by atoms with Crippen LogP contribution in [-0.4, -0.2) is 40.8 Å². The lowest BCUT2D eigenvalue weighted by molar-refractivity contribution is -0.140. The van der Waals surface area contributed by atoms with Crippen LogP contribution in [0.15, 0.2) is 24.3 Å². The summed E-state index contributed by atoms with van der Waals surface area (Å²) < 4.78 is 13.1. The zero-order valence-corrected chi connectivity index (χ0v) is 18.2. The largest absolute Gasteiger partial charge is 0.348 e. The van der Waals surface area contributed by atoms with Crippen molar-refractivity contribution in [2.24, 2.45) is 5.41 Å². The van der Waals surface area contributed by atoms with Crippen LogP contribution < -0.4 is 5.32 Å². The second-order valence-electron chi connectivity index (χ2n) is 8.62. The number of thiazole rings is 1. The second-order valence-corrected chi connectivity index (χ2v) is 9.70. The van der Waals surface area contributed by atoms with Crippen LogP contribution in [0.1, 0.15) is 59.5 Å². The molecule has 0 radical (unpaired) electrons. The van der Waals surface area contributed by atoms with Crippen LogP contribution in [0, 0.1) is 18.2 Å². The van der Waals surface area contributed by atoms with Gasteiger partial charge in [0.15, 0.2) is 0 Å². The van der Waals surface area contributed by atoms with Gasteiger partial charge in [-0.2, -0.15) is 0 Å². The first-order chi connectivity index (χ1) is 13.6. The minimum atomic E-state index is -0.378. The molecule has 7 heteroatoms. The van der Waals surface area contributed by atoms with Crippen LogP contribution in [0.5, 0.6) is 0 Å². The molecule has 0 aliphatic carbocycles. The van der Waals surface area contributed by atoms with Crippen LogP contribution >= 0.6 is 11.3 Å². The van der Waals surface area contributed by atoms with Crippen molar-refractivity contribution in [3.8, 4) is 0 Å². The van der Waals surface area contributed by atoms with E-state index >= 15 is 0 Å². The van der Waals surface area contributed by atoms with Gasteiger partial charge in [-0.15, -0.1) is 11.3 Å². The Balaban J connectivity index is 1.57. The van der Waals surface area contributed by atoms with E-state index in [4.69, 9.17) is 0 Å². The van der Waals surface area contributed by atoms with E-state index in [1.807, 2.05) is 32.6 Å². The van der Waals surface area contributed by atoms with Crippen molar-refractivity contribution in [3.05, 3.63) is 51.2 Å². The number of likely N-dealkylation sites (tertiary alicyclic amines) is 1. The molecule has 2 heterocycles. The summed E-state index contributed by atoms with van der Waals surface area (Å²) in [5.74, 6) is -0.212. The van der Waals surface area contributed by atoms with Crippen LogP contribution in [-0.2, 0) is 11.2 Å². The lowest BCUT2D eigenvalue weighted by atomic mass is 9.93. The minimum Gasteiger partial charge on any atom is -0.348 e. The number of rotatable bonds is 4. The number of nitrogens with one attached hydrogen (secondary N) is 1. The van der Waals surface area contributed by atoms with Gasteiger partial charge in [-0.05, 0) is 37.5 Å². The van der Waals surface area contributed by atoms with Gasteiger partial charge >= 0.3 is 0 Å². The van der Waals surface area contributed by atoms with Crippen molar-refractivity contribution in [3.63, 3.8) is 0 Å². The second kappa shape index (κ2) is 8.61. The Hall–Kier alpha value is -2.28. The molecule has 0 bridgehead atoms. The van der Waals surface area contributed by atoms with E-state index in [1.165, 1.54) is 23.5 Å². The summed E-state index contributed by atoms with van der Waals surface area (Å²) in [6.45, 7) is 8.96. The van der Waals surface area contributed by atoms with Crippen molar-refractivity contribution in [2.75, 3.05) is 13.1 Å². The van der Waals surface area contributed by atoms with Gasteiger partial charge in [0.05, 0.1) is 10.7 Å². The third-order valence-corrected chi connectivity index (χ3v) is 6.23. The Morgan fingerprint density at radius 2 is 1.83 bits per heavy atom. The molecule has 1 fully saturated rings. The number of benzene rings is 1. The fourth-order valence-corrected chi connectivity index (χ4v) is 4.47. The van der Waals surface area contributed by atoms with Gasteiger partial charge in [0.2, 0.25) is 5.91 Å². The number of amides is 2. The molecule has 1 aromatic carbocycles. The van der Waals surface area contributed by atoms with Crippen LogP contribution in [0.25, 0.3) is 0 Å². The highest BCUT2D eigenvalue weighted by molar-refractivity contribution is 7.13. The molecule has 1 aromatic heterocycles. The Kier molecular flexibility index (Phi) is 6.36. The van der Waals surface area contributed by atoms with Crippen molar-refractivity contribution in [1.29, 1.82) is 0 Å². The molecule has 29 heavy (non-hydrogen) atoms. The summed E-state index contributed by atoms with van der Waals surface area (Å²) in [6, 6.07) is 6.39. The van der Waals surface area contributed by atoms with Crippen molar-refractivity contribution in [1.82, 2.24) is 15.2 Å². The monoisotopic (exact) mass is 417 g/mol. The van der Waals surface area contributed by atoms with Gasteiger partial charge in [-0.3, -0.25) is 9.59 Å². The number of aryl methyl sites for hydroxylation is 1. The SMILES string of the molecule is Cc1nc(Cc2ccc(F)cc2)sc1C(=O)NC1CCN(C(=O)C(C)(C)C)CC1. The summed E-state index contributed by atoms with van der Waals surface area (Å²) >= 11 is 1.38. The molecule has 1 N–H and O–H groups in total. The molecular weight excluding hydrogens is 389 g/mol. The van der Waals surface area contributed by atoms with Crippen molar-refractivity contribution < 1.29 is 14.0 Å². The zero-order chi connectivity index (χ0) is 21.2. The molecular formula is C22H28FN3O2S. The average molecular weight is 418 g/mol. The number of piperidine rings is 1. The first kappa shape index (κ1) is 21.4. The zero-order valence-electron chi connectivity index (χ0n) is 17.4. The fourth-order valence-electron chi connectivity index (χ4n) is 3.47. The summed E-state index contributed by atoms with van der Waals surface area (Å²) in [5.41, 5.74) is 1.30. The van der Waals surface area contributed by atoms with Gasteiger partial charge < -0.3 is 10.2 Å². The molecule has 0 spiro atoms. The number of nitrogens with zero attached hydrogens (tertiary/aromatic N) is 2. The maximum Gasteiger partial charge on any atom is 0.263 e. The highest BCUT2D eigenvalue weighted by Gasteiger charge is 2.31. The van der Waals surface area contributed by atoms with E-state index in [-0.39, 0.29) is 29.1 Å². The Bertz CT molecular complexity index is 878. The van der Waals surface area contributed by atoms with Crippen molar-refractivity contribution in [2.45, 2.75) is 53.0 Å². The molecule has 1 aliphatic heterocycles. The molecule has 0 atom stereocenters. The van der Waals surface area contributed by atoms with Crippen molar-refractivity contribution >= 4 is 23.2 Å². The molecule has 1 saturated heterocycles. The summed E-state index contributed by atoms with van der Waals surface area (Å²) in [7, 11) is 0. The standard InChI is InChI=1S/C22H28FN3O2S/c1-14-19(29-18(24-14)13-15-5-7-16(23)8-6-15)20(27)25-17-9-11-26(12-10-17)21(28)22(2,3)4/h5-8,17H,9-13H2,1-4H3,(H,25,27). The molecule has 2 aromatic rings. The topological polar surface area (TPSA) is 62.3 Å². The predicted octanol–water partition coefficient (Wildman–Crippen LogP) is 3.95. The fraction of sp³-hybridized carbons (Fsp3) is 0.500. The third-order valence-electron chi connectivity index (χ3n) is 5.07. The first-order valence-corrected chi connectivity index (χ1v) is 10.8. The lowest BCUT2D eigenvalue weighted by Gasteiger charge is -2.35.